The Morgan fingerprint density at radius 1 is 1.06 bits per heavy atom. The number of aryl methyl sites for hydroxylation is 1. The van der Waals surface area contributed by atoms with Crippen LogP contribution in [0.15, 0.2) is 76.2 Å². The van der Waals surface area contributed by atoms with Gasteiger partial charge in [0.05, 0.1) is 23.3 Å². The predicted molar refractivity (Wildman–Crippen MR) is 117 cm³/mol. The second-order valence-electron chi connectivity index (χ2n) is 7.20. The zero-order valence-corrected chi connectivity index (χ0v) is 18.6. The van der Waals surface area contributed by atoms with E-state index in [-0.39, 0.29) is 23.5 Å². The van der Waals surface area contributed by atoms with Crippen LogP contribution in [-0.2, 0) is 32.6 Å². The topological polar surface area (TPSA) is 106 Å². The molecule has 1 N–H and O–H groups in total. The number of nitrogens with one attached hydrogen (secondary N) is 1. The van der Waals surface area contributed by atoms with E-state index in [4.69, 9.17) is 9.15 Å². The molecule has 0 fully saturated rings. The van der Waals surface area contributed by atoms with E-state index < -0.39 is 28.5 Å². The lowest BCUT2D eigenvalue weighted by Gasteiger charge is -2.16. The Balaban J connectivity index is 1.63. The summed E-state index contributed by atoms with van der Waals surface area (Å²) in [6, 6.07) is 16.8. The zero-order chi connectivity index (χ0) is 23.1. The first-order valence-corrected chi connectivity index (χ1v) is 11.3. The molecule has 3 aromatic rings. The maximum Gasteiger partial charge on any atom is 0.338 e. The van der Waals surface area contributed by atoms with Crippen LogP contribution in [0.1, 0.15) is 27.2 Å². The van der Waals surface area contributed by atoms with Crippen molar-refractivity contribution in [3.63, 3.8) is 0 Å². The Kier molecular flexibility index (Phi) is 7.45. The molecule has 0 bridgehead atoms. The van der Waals surface area contributed by atoms with Crippen molar-refractivity contribution < 1.29 is 27.2 Å². The number of ether oxygens (including phenoxy) is 1. The van der Waals surface area contributed by atoms with Gasteiger partial charge in [0.25, 0.3) is 5.91 Å². The molecule has 3 rings (SSSR count). The molecule has 0 unspecified atom stereocenters. The Morgan fingerprint density at radius 2 is 1.81 bits per heavy atom. The zero-order valence-electron chi connectivity index (χ0n) is 17.8. The molecule has 1 amide bonds. The van der Waals surface area contributed by atoms with Crippen molar-refractivity contribution in [3.8, 4) is 0 Å². The first kappa shape index (κ1) is 23.2. The standard InChI is InChI=1S/C23H24N2O6S/c1-17-10-11-19(13-21(17)32(28,29)24-14-18-7-4-3-5-8-18)23(27)31-16-22(26)25(2)15-20-9-6-12-30-20/h3-13,24H,14-16H2,1-2H3. The smallest absolute Gasteiger partial charge is 0.338 e. The van der Waals surface area contributed by atoms with Crippen LogP contribution in [0.2, 0.25) is 0 Å². The fraction of sp³-hybridized carbons (Fsp3) is 0.217. The lowest BCUT2D eigenvalue weighted by molar-refractivity contribution is -0.133. The summed E-state index contributed by atoms with van der Waals surface area (Å²) in [7, 11) is -2.30. The van der Waals surface area contributed by atoms with E-state index in [0.717, 1.165) is 5.56 Å². The summed E-state index contributed by atoms with van der Waals surface area (Å²) in [6.07, 6.45) is 1.51. The lowest BCUT2D eigenvalue weighted by Crippen LogP contribution is -2.30. The van der Waals surface area contributed by atoms with Crippen LogP contribution in [0.5, 0.6) is 0 Å². The van der Waals surface area contributed by atoms with Gasteiger partial charge in [-0.1, -0.05) is 36.4 Å². The van der Waals surface area contributed by atoms with Gasteiger partial charge in [-0.15, -0.1) is 0 Å². The third-order valence-corrected chi connectivity index (χ3v) is 6.29. The van der Waals surface area contributed by atoms with Crippen molar-refractivity contribution in [3.05, 3.63) is 89.4 Å². The van der Waals surface area contributed by atoms with Crippen LogP contribution in [0.4, 0.5) is 0 Å². The van der Waals surface area contributed by atoms with E-state index in [9.17, 15) is 18.0 Å². The molecule has 0 atom stereocenters. The summed E-state index contributed by atoms with van der Waals surface area (Å²) in [5.74, 6) is -0.605. The van der Waals surface area contributed by atoms with Crippen molar-refractivity contribution in [2.24, 2.45) is 0 Å². The Labute approximate surface area is 186 Å². The number of carbonyl (C=O) groups excluding carboxylic acids is 2. The van der Waals surface area contributed by atoms with E-state index in [0.29, 0.717) is 11.3 Å². The molecule has 1 aromatic heterocycles. The van der Waals surface area contributed by atoms with Crippen molar-refractivity contribution in [2.45, 2.75) is 24.9 Å². The van der Waals surface area contributed by atoms with E-state index >= 15 is 0 Å². The highest BCUT2D eigenvalue weighted by atomic mass is 32.2. The Hall–Kier alpha value is -3.43. The molecule has 9 heteroatoms. The highest BCUT2D eigenvalue weighted by Gasteiger charge is 2.20. The SMILES string of the molecule is Cc1ccc(C(=O)OCC(=O)N(C)Cc2ccco2)cc1S(=O)(=O)NCc1ccccc1. The third kappa shape index (κ3) is 6.05. The first-order chi connectivity index (χ1) is 15.3. The second-order valence-corrected chi connectivity index (χ2v) is 8.93. The average molecular weight is 457 g/mol. The maximum absolute atomic E-state index is 12.8. The second kappa shape index (κ2) is 10.3. The van der Waals surface area contributed by atoms with E-state index in [1.54, 1.807) is 26.1 Å². The minimum atomic E-state index is -3.86. The number of hydrogen-bond acceptors (Lipinski definition) is 6. The van der Waals surface area contributed by atoms with Crippen LogP contribution in [0.3, 0.4) is 0 Å². The molecule has 1 heterocycles. The van der Waals surface area contributed by atoms with Crippen LogP contribution in [0, 0.1) is 6.92 Å². The molecule has 0 aliphatic rings. The van der Waals surface area contributed by atoms with Gasteiger partial charge in [-0.2, -0.15) is 0 Å². The molecular weight excluding hydrogens is 432 g/mol. The molecule has 2 aromatic carbocycles. The largest absolute Gasteiger partial charge is 0.467 e. The maximum atomic E-state index is 12.8. The minimum Gasteiger partial charge on any atom is -0.467 e. The number of rotatable bonds is 9. The van der Waals surface area contributed by atoms with Crippen molar-refractivity contribution in [1.82, 2.24) is 9.62 Å². The van der Waals surface area contributed by atoms with Crippen LogP contribution >= 0.6 is 0 Å². The molecular formula is C23H24N2O6S. The fourth-order valence-corrected chi connectivity index (χ4v) is 4.20. The molecule has 0 aliphatic carbocycles. The number of hydrogen-bond donors (Lipinski definition) is 1. The van der Waals surface area contributed by atoms with Gasteiger partial charge in [0, 0.05) is 13.6 Å². The number of sulfonamides is 1. The van der Waals surface area contributed by atoms with Crippen molar-refractivity contribution in [2.75, 3.05) is 13.7 Å². The summed E-state index contributed by atoms with van der Waals surface area (Å²) in [5.41, 5.74) is 1.33. The van der Waals surface area contributed by atoms with Crippen LogP contribution in [-0.4, -0.2) is 38.8 Å². The fourth-order valence-electron chi connectivity index (χ4n) is 2.91. The highest BCUT2D eigenvalue weighted by Crippen LogP contribution is 2.18. The van der Waals surface area contributed by atoms with Gasteiger partial charge in [0.15, 0.2) is 6.61 Å². The molecule has 0 radical (unpaired) electrons. The van der Waals surface area contributed by atoms with Crippen LogP contribution < -0.4 is 4.72 Å². The van der Waals surface area contributed by atoms with Gasteiger partial charge >= 0.3 is 5.97 Å². The van der Waals surface area contributed by atoms with Gasteiger partial charge in [-0.25, -0.2) is 17.9 Å². The summed E-state index contributed by atoms with van der Waals surface area (Å²) in [4.78, 5) is 26.0. The molecule has 0 spiro atoms. The van der Waals surface area contributed by atoms with E-state index in [1.807, 2.05) is 30.3 Å². The lowest BCUT2D eigenvalue weighted by atomic mass is 10.1. The minimum absolute atomic E-state index is 0.0239. The molecule has 0 saturated heterocycles. The summed E-state index contributed by atoms with van der Waals surface area (Å²) < 4.78 is 38.4. The van der Waals surface area contributed by atoms with E-state index in [2.05, 4.69) is 4.72 Å². The van der Waals surface area contributed by atoms with Gasteiger partial charge in [-0.3, -0.25) is 4.79 Å². The molecule has 0 aliphatic heterocycles. The Morgan fingerprint density at radius 3 is 2.50 bits per heavy atom. The van der Waals surface area contributed by atoms with E-state index in [1.165, 1.54) is 29.4 Å². The molecule has 8 nitrogen and oxygen atoms in total. The number of nitrogens with zero attached hydrogens (tertiary/aromatic N) is 1. The third-order valence-electron chi connectivity index (χ3n) is 4.75. The first-order valence-electron chi connectivity index (χ1n) is 9.84. The number of benzene rings is 2. The number of likely N-dealkylation sites (N-methyl/N-ethyl adjacent to an activating group) is 1. The highest BCUT2D eigenvalue weighted by molar-refractivity contribution is 7.89. The summed E-state index contributed by atoms with van der Waals surface area (Å²) in [5, 5.41) is 0. The monoisotopic (exact) mass is 456 g/mol. The van der Waals surface area contributed by atoms with Crippen molar-refractivity contribution >= 4 is 21.9 Å². The van der Waals surface area contributed by atoms with Crippen LogP contribution in [0.25, 0.3) is 0 Å². The summed E-state index contributed by atoms with van der Waals surface area (Å²) >= 11 is 0. The number of furan rings is 1. The quantitative estimate of drug-likeness (QED) is 0.497. The predicted octanol–water partition coefficient (Wildman–Crippen LogP) is 2.88. The van der Waals surface area contributed by atoms with Gasteiger partial charge in [-0.05, 0) is 42.3 Å². The van der Waals surface area contributed by atoms with Gasteiger partial charge < -0.3 is 14.1 Å². The van der Waals surface area contributed by atoms with Gasteiger partial charge in [0.2, 0.25) is 10.0 Å². The number of amides is 1. The Bertz CT molecular complexity index is 1170. The molecule has 168 valence electrons. The molecule has 0 saturated carbocycles. The average Bonchev–Trinajstić information content (AvgIpc) is 3.29. The van der Waals surface area contributed by atoms with Gasteiger partial charge in [0.1, 0.15) is 5.76 Å². The normalized spacial score (nSPS) is 11.2. The number of esters is 1. The summed E-state index contributed by atoms with van der Waals surface area (Å²) in [6.45, 7) is 1.52. The van der Waals surface area contributed by atoms with Crippen molar-refractivity contribution in [1.29, 1.82) is 0 Å². The number of carbonyl (C=O) groups is 2. The molecule has 32 heavy (non-hydrogen) atoms.